The van der Waals surface area contributed by atoms with Crippen LogP contribution in [0.3, 0.4) is 0 Å². The highest BCUT2D eigenvalue weighted by molar-refractivity contribution is 5.29. The van der Waals surface area contributed by atoms with Gasteiger partial charge in [-0.15, -0.1) is 0 Å². The van der Waals surface area contributed by atoms with Gasteiger partial charge in [0, 0.05) is 5.41 Å². The van der Waals surface area contributed by atoms with Crippen LogP contribution in [0.15, 0.2) is 36.0 Å². The standard InChI is InChI=1S/C10H14.C3H7F/c1-9-5-4-7-10(2,3)8-6-9;1-2-3-4/h4-8H,1-3H3;2-3H2,1H3. The third-order valence-corrected chi connectivity index (χ3v) is 1.85. The molecule has 1 aliphatic carbocycles. The monoisotopic (exact) mass is 196 g/mol. The lowest BCUT2D eigenvalue weighted by atomic mass is 9.93. The van der Waals surface area contributed by atoms with Gasteiger partial charge >= 0.3 is 0 Å². The Labute approximate surface area is 87.2 Å². The van der Waals surface area contributed by atoms with Crippen molar-refractivity contribution in [1.29, 1.82) is 0 Å². The number of rotatable bonds is 1. The van der Waals surface area contributed by atoms with Gasteiger partial charge in [-0.25, -0.2) is 0 Å². The minimum atomic E-state index is -0.181. The van der Waals surface area contributed by atoms with Crippen molar-refractivity contribution in [3.8, 4) is 0 Å². The van der Waals surface area contributed by atoms with Gasteiger partial charge in [0.1, 0.15) is 0 Å². The van der Waals surface area contributed by atoms with Gasteiger partial charge < -0.3 is 0 Å². The molecule has 0 bridgehead atoms. The summed E-state index contributed by atoms with van der Waals surface area (Å²) in [4.78, 5) is 0. The second-order valence-electron chi connectivity index (χ2n) is 4.11. The molecule has 1 aliphatic rings. The maximum atomic E-state index is 10.7. The van der Waals surface area contributed by atoms with E-state index in [1.165, 1.54) is 5.57 Å². The summed E-state index contributed by atoms with van der Waals surface area (Å²) < 4.78 is 10.7. The maximum absolute atomic E-state index is 10.7. The van der Waals surface area contributed by atoms with Crippen molar-refractivity contribution in [2.75, 3.05) is 6.67 Å². The van der Waals surface area contributed by atoms with Crippen LogP contribution in [-0.2, 0) is 0 Å². The molecule has 0 saturated heterocycles. The predicted molar refractivity (Wildman–Crippen MR) is 62.1 cm³/mol. The molecule has 1 rings (SSSR count). The predicted octanol–water partition coefficient (Wildman–Crippen LogP) is 4.45. The molecule has 0 atom stereocenters. The smallest absolute Gasteiger partial charge is 0.0891 e. The molecular weight excluding hydrogens is 175 g/mol. The van der Waals surface area contributed by atoms with Crippen molar-refractivity contribution in [3.63, 3.8) is 0 Å². The number of allylic oxidation sites excluding steroid dienone is 6. The largest absolute Gasteiger partial charge is 0.251 e. The van der Waals surface area contributed by atoms with Crippen molar-refractivity contribution >= 4 is 0 Å². The summed E-state index contributed by atoms with van der Waals surface area (Å²) in [5.41, 5.74) is 1.55. The lowest BCUT2D eigenvalue weighted by molar-refractivity contribution is 0.487. The number of hydrogen-bond acceptors (Lipinski definition) is 0. The van der Waals surface area contributed by atoms with E-state index in [2.05, 4.69) is 51.2 Å². The molecule has 0 aliphatic heterocycles. The van der Waals surface area contributed by atoms with Crippen molar-refractivity contribution < 1.29 is 4.39 Å². The van der Waals surface area contributed by atoms with Crippen molar-refractivity contribution in [2.45, 2.75) is 34.1 Å². The fraction of sp³-hybridized carbons (Fsp3) is 0.538. The first kappa shape index (κ1) is 13.2. The van der Waals surface area contributed by atoms with Crippen molar-refractivity contribution in [3.05, 3.63) is 36.0 Å². The first-order valence-electron chi connectivity index (χ1n) is 5.13. The van der Waals surface area contributed by atoms with Crippen molar-refractivity contribution in [1.82, 2.24) is 0 Å². The van der Waals surface area contributed by atoms with E-state index in [0.29, 0.717) is 6.42 Å². The Hall–Kier alpha value is -0.850. The zero-order valence-corrected chi connectivity index (χ0v) is 9.68. The summed E-state index contributed by atoms with van der Waals surface area (Å²) in [6, 6.07) is 0. The Kier molecular flexibility index (Phi) is 6.18. The van der Waals surface area contributed by atoms with Crippen molar-refractivity contribution in [2.24, 2.45) is 5.41 Å². The Morgan fingerprint density at radius 3 is 2.36 bits per heavy atom. The summed E-state index contributed by atoms with van der Waals surface area (Å²) >= 11 is 0. The molecule has 0 amide bonds. The number of alkyl halides is 1. The van der Waals surface area contributed by atoms with Crippen LogP contribution in [0.2, 0.25) is 0 Å². The highest BCUT2D eigenvalue weighted by Gasteiger charge is 2.08. The van der Waals surface area contributed by atoms with Gasteiger partial charge in [0.25, 0.3) is 0 Å². The van der Waals surface area contributed by atoms with Gasteiger partial charge in [-0.2, -0.15) is 0 Å². The van der Waals surface area contributed by atoms with Gasteiger partial charge in [0.15, 0.2) is 0 Å². The molecule has 0 saturated carbocycles. The molecule has 0 nitrogen and oxygen atoms in total. The second kappa shape index (κ2) is 6.58. The first-order valence-corrected chi connectivity index (χ1v) is 5.13. The van der Waals surface area contributed by atoms with E-state index < -0.39 is 0 Å². The minimum Gasteiger partial charge on any atom is -0.251 e. The summed E-state index contributed by atoms with van der Waals surface area (Å²) in [5.74, 6) is 0. The van der Waals surface area contributed by atoms with Gasteiger partial charge in [-0.05, 0) is 13.3 Å². The van der Waals surface area contributed by atoms with Crippen LogP contribution < -0.4 is 0 Å². The topological polar surface area (TPSA) is 0 Å². The van der Waals surface area contributed by atoms with Crippen LogP contribution in [0.4, 0.5) is 4.39 Å². The summed E-state index contributed by atoms with van der Waals surface area (Å²) in [7, 11) is 0. The molecule has 1 heteroatoms. The van der Waals surface area contributed by atoms with Gasteiger partial charge in [-0.3, -0.25) is 4.39 Å². The average Bonchev–Trinajstić information content (AvgIpc) is 2.29. The zero-order valence-electron chi connectivity index (χ0n) is 9.68. The molecule has 0 fully saturated rings. The lowest BCUT2D eigenvalue weighted by Crippen LogP contribution is -2.00. The molecule has 0 aromatic carbocycles. The van der Waals surface area contributed by atoms with E-state index in [4.69, 9.17) is 0 Å². The normalized spacial score (nSPS) is 17.9. The second-order valence-corrected chi connectivity index (χ2v) is 4.11. The Morgan fingerprint density at radius 2 is 1.86 bits per heavy atom. The molecular formula is C13H21F. The minimum absolute atomic E-state index is 0.181. The van der Waals surface area contributed by atoms with Crippen LogP contribution in [0.5, 0.6) is 0 Å². The third kappa shape index (κ3) is 6.64. The molecule has 0 spiro atoms. The average molecular weight is 196 g/mol. The van der Waals surface area contributed by atoms with Crippen LogP contribution in [0, 0.1) is 5.41 Å². The highest BCUT2D eigenvalue weighted by Crippen LogP contribution is 2.22. The number of hydrogen-bond donors (Lipinski definition) is 0. The molecule has 0 heterocycles. The Morgan fingerprint density at radius 1 is 1.29 bits per heavy atom. The van der Waals surface area contributed by atoms with Crippen LogP contribution in [-0.4, -0.2) is 6.67 Å². The van der Waals surface area contributed by atoms with Gasteiger partial charge in [0.2, 0.25) is 0 Å². The molecule has 80 valence electrons. The Bertz CT molecular complexity index is 230. The molecule has 0 unspecified atom stereocenters. The fourth-order valence-electron chi connectivity index (χ4n) is 0.905. The van der Waals surface area contributed by atoms with E-state index in [0.717, 1.165) is 0 Å². The van der Waals surface area contributed by atoms with Crippen LogP contribution in [0.1, 0.15) is 34.1 Å². The summed E-state index contributed by atoms with van der Waals surface area (Å²) in [6.07, 6.45) is 11.5. The Balaban J connectivity index is 0.000000364. The highest BCUT2D eigenvalue weighted by atomic mass is 19.1. The quantitative estimate of drug-likeness (QED) is 0.581. The van der Waals surface area contributed by atoms with E-state index in [1.807, 2.05) is 0 Å². The van der Waals surface area contributed by atoms with E-state index in [9.17, 15) is 4.39 Å². The molecule has 14 heavy (non-hydrogen) atoms. The van der Waals surface area contributed by atoms with E-state index in [-0.39, 0.29) is 12.1 Å². The van der Waals surface area contributed by atoms with Gasteiger partial charge in [0.05, 0.1) is 6.67 Å². The van der Waals surface area contributed by atoms with Gasteiger partial charge in [-0.1, -0.05) is 56.7 Å². The third-order valence-electron chi connectivity index (χ3n) is 1.85. The molecule has 0 aromatic heterocycles. The summed E-state index contributed by atoms with van der Waals surface area (Å²) in [6.45, 7) is 8.14. The van der Waals surface area contributed by atoms with Crippen LogP contribution >= 0.6 is 0 Å². The summed E-state index contributed by atoms with van der Waals surface area (Å²) in [5, 5.41) is 0. The SMILES string of the molecule is CC1=CC=CC(C)(C)C=C1.CCCF. The first-order chi connectivity index (χ1) is 6.52. The van der Waals surface area contributed by atoms with Crippen LogP contribution in [0.25, 0.3) is 0 Å². The zero-order chi connectivity index (χ0) is 11.0. The fourth-order valence-corrected chi connectivity index (χ4v) is 0.905. The molecule has 0 radical (unpaired) electrons. The molecule has 0 aromatic rings. The van der Waals surface area contributed by atoms with E-state index >= 15 is 0 Å². The maximum Gasteiger partial charge on any atom is 0.0891 e. The lowest BCUT2D eigenvalue weighted by Gasteiger charge is -2.12. The number of halogens is 1. The van der Waals surface area contributed by atoms with E-state index in [1.54, 1.807) is 6.92 Å². The molecule has 0 N–H and O–H groups in total.